The molecule has 4 nitrogen and oxygen atoms in total. The highest BCUT2D eigenvalue weighted by molar-refractivity contribution is 8.00. The van der Waals surface area contributed by atoms with Gasteiger partial charge in [-0.2, -0.15) is 5.10 Å². The van der Waals surface area contributed by atoms with Gasteiger partial charge < -0.3 is 5.32 Å². The average Bonchev–Trinajstić information content (AvgIpc) is 3.23. The number of carbonyl (C=O) groups is 1. The fourth-order valence-corrected chi connectivity index (χ4v) is 5.23. The summed E-state index contributed by atoms with van der Waals surface area (Å²) in [6.07, 6.45) is 5.47. The summed E-state index contributed by atoms with van der Waals surface area (Å²) >= 11 is 3.31. The number of thioether (sulfide) groups is 1. The number of fused-ring (bicyclic) bond motifs is 1. The molecular formula is C18H17N3OS2. The van der Waals surface area contributed by atoms with Gasteiger partial charge in [0.25, 0.3) is 5.91 Å². The van der Waals surface area contributed by atoms with E-state index in [-0.39, 0.29) is 11.9 Å². The minimum Gasteiger partial charge on any atom is -0.349 e. The Morgan fingerprint density at radius 1 is 1.29 bits per heavy atom. The first kappa shape index (κ1) is 15.5. The Morgan fingerprint density at radius 2 is 2.12 bits per heavy atom. The van der Waals surface area contributed by atoms with Gasteiger partial charge in [-0.05, 0) is 36.3 Å². The standard InChI is InChI=1S/C18H17N3OS2/c1-23-18-15-13(16(24-18)14-7-8-19-21-14)10-12(20-17(15)22)9-11-5-3-2-4-6-11/h2-8,12H,9-10H2,1H3,(H,19,21)(H,20,22). The van der Waals surface area contributed by atoms with Crippen molar-refractivity contribution in [3.8, 4) is 10.6 Å². The van der Waals surface area contributed by atoms with E-state index in [2.05, 4.69) is 27.6 Å². The predicted octanol–water partition coefficient (Wildman–Crippen LogP) is 3.76. The number of H-pyrrole nitrogens is 1. The van der Waals surface area contributed by atoms with Crippen LogP contribution in [0.4, 0.5) is 0 Å². The van der Waals surface area contributed by atoms with Gasteiger partial charge in [-0.25, -0.2) is 0 Å². The van der Waals surface area contributed by atoms with Crippen LogP contribution in [0.3, 0.4) is 0 Å². The number of aromatic nitrogens is 2. The molecule has 2 N–H and O–H groups in total. The third-order valence-corrected chi connectivity index (χ3v) is 6.63. The topological polar surface area (TPSA) is 57.8 Å². The number of aromatic amines is 1. The molecule has 0 radical (unpaired) electrons. The van der Waals surface area contributed by atoms with Gasteiger partial charge >= 0.3 is 0 Å². The molecule has 0 spiro atoms. The van der Waals surface area contributed by atoms with Crippen LogP contribution in [-0.2, 0) is 12.8 Å². The lowest BCUT2D eigenvalue weighted by Crippen LogP contribution is -2.42. The third kappa shape index (κ3) is 2.76. The van der Waals surface area contributed by atoms with E-state index < -0.39 is 0 Å². The number of rotatable bonds is 4. The maximum atomic E-state index is 12.7. The Kier molecular flexibility index (Phi) is 4.16. The van der Waals surface area contributed by atoms with Crippen LogP contribution < -0.4 is 5.32 Å². The second-order valence-electron chi connectivity index (χ2n) is 5.81. The lowest BCUT2D eigenvalue weighted by Gasteiger charge is -2.25. The molecule has 1 amide bonds. The molecule has 3 aromatic rings. The SMILES string of the molecule is CSc1sc(-c2ccn[nH]2)c2c1C(=O)NC(Cc1ccccc1)C2. The van der Waals surface area contributed by atoms with Gasteiger partial charge in [0.05, 0.1) is 20.3 Å². The number of hydrogen-bond donors (Lipinski definition) is 2. The maximum Gasteiger partial charge on any atom is 0.253 e. The van der Waals surface area contributed by atoms with Crippen LogP contribution in [0.25, 0.3) is 10.6 Å². The number of amides is 1. The predicted molar refractivity (Wildman–Crippen MR) is 98.8 cm³/mol. The molecule has 4 rings (SSSR count). The van der Waals surface area contributed by atoms with E-state index in [0.717, 1.165) is 38.7 Å². The van der Waals surface area contributed by atoms with E-state index in [9.17, 15) is 4.79 Å². The number of benzene rings is 1. The molecule has 2 aromatic heterocycles. The Morgan fingerprint density at radius 3 is 2.83 bits per heavy atom. The number of thiophene rings is 1. The molecule has 24 heavy (non-hydrogen) atoms. The quantitative estimate of drug-likeness (QED) is 0.701. The van der Waals surface area contributed by atoms with Crippen molar-refractivity contribution < 1.29 is 4.79 Å². The van der Waals surface area contributed by atoms with Crippen LogP contribution >= 0.6 is 23.1 Å². The second kappa shape index (κ2) is 6.45. The summed E-state index contributed by atoms with van der Waals surface area (Å²) in [5, 5.41) is 10.3. The van der Waals surface area contributed by atoms with Crippen molar-refractivity contribution in [1.29, 1.82) is 0 Å². The molecule has 1 atom stereocenters. The zero-order valence-corrected chi connectivity index (χ0v) is 14.8. The number of nitrogens with one attached hydrogen (secondary N) is 2. The first-order chi connectivity index (χ1) is 11.8. The highest BCUT2D eigenvalue weighted by atomic mass is 32.2. The maximum absolute atomic E-state index is 12.7. The van der Waals surface area contributed by atoms with Crippen molar-refractivity contribution in [3.05, 3.63) is 59.3 Å². The Labute approximate surface area is 148 Å². The van der Waals surface area contributed by atoms with E-state index in [1.165, 1.54) is 5.56 Å². The summed E-state index contributed by atoms with van der Waals surface area (Å²) in [5.74, 6) is 0.0450. The molecule has 1 unspecified atom stereocenters. The highest BCUT2D eigenvalue weighted by Crippen LogP contribution is 2.42. The van der Waals surface area contributed by atoms with Gasteiger partial charge in [-0.15, -0.1) is 23.1 Å². The molecule has 0 saturated carbocycles. The minimum atomic E-state index is 0.0450. The smallest absolute Gasteiger partial charge is 0.253 e. The molecule has 0 fully saturated rings. The first-order valence-corrected chi connectivity index (χ1v) is 9.84. The van der Waals surface area contributed by atoms with Crippen molar-refractivity contribution in [1.82, 2.24) is 15.5 Å². The van der Waals surface area contributed by atoms with Gasteiger partial charge in [-0.3, -0.25) is 9.89 Å². The second-order valence-corrected chi connectivity index (χ2v) is 7.91. The first-order valence-electron chi connectivity index (χ1n) is 7.80. The fraction of sp³-hybridized carbons (Fsp3) is 0.222. The molecule has 6 heteroatoms. The van der Waals surface area contributed by atoms with Crippen molar-refractivity contribution in [2.24, 2.45) is 0 Å². The van der Waals surface area contributed by atoms with Crippen LogP contribution in [0.1, 0.15) is 21.5 Å². The van der Waals surface area contributed by atoms with Gasteiger partial charge in [0.15, 0.2) is 0 Å². The minimum absolute atomic E-state index is 0.0450. The van der Waals surface area contributed by atoms with Crippen molar-refractivity contribution in [3.63, 3.8) is 0 Å². The van der Waals surface area contributed by atoms with Crippen LogP contribution in [0.15, 0.2) is 46.8 Å². The molecule has 0 aliphatic carbocycles. The largest absolute Gasteiger partial charge is 0.349 e. The summed E-state index contributed by atoms with van der Waals surface area (Å²) in [7, 11) is 0. The van der Waals surface area contributed by atoms with E-state index in [4.69, 9.17) is 0 Å². The Balaban J connectivity index is 1.71. The summed E-state index contributed by atoms with van der Waals surface area (Å²) in [6.45, 7) is 0. The van der Waals surface area contributed by atoms with E-state index in [1.54, 1.807) is 29.3 Å². The fourth-order valence-electron chi connectivity index (χ4n) is 3.19. The zero-order chi connectivity index (χ0) is 16.5. The van der Waals surface area contributed by atoms with Crippen molar-refractivity contribution >= 4 is 29.0 Å². The summed E-state index contributed by atoms with van der Waals surface area (Å²) in [5.41, 5.74) is 4.24. The highest BCUT2D eigenvalue weighted by Gasteiger charge is 2.32. The van der Waals surface area contributed by atoms with Gasteiger partial charge in [-0.1, -0.05) is 30.3 Å². The van der Waals surface area contributed by atoms with Crippen molar-refractivity contribution in [2.75, 3.05) is 6.26 Å². The summed E-state index contributed by atoms with van der Waals surface area (Å²) < 4.78 is 1.07. The summed E-state index contributed by atoms with van der Waals surface area (Å²) in [4.78, 5) is 13.8. The lowest BCUT2D eigenvalue weighted by molar-refractivity contribution is 0.0923. The van der Waals surface area contributed by atoms with Crippen LogP contribution in [0.2, 0.25) is 0 Å². The van der Waals surface area contributed by atoms with Crippen LogP contribution in [0, 0.1) is 0 Å². The Bertz CT molecular complexity index is 856. The van der Waals surface area contributed by atoms with E-state index in [0.29, 0.717) is 0 Å². The van der Waals surface area contributed by atoms with Crippen LogP contribution in [-0.4, -0.2) is 28.4 Å². The van der Waals surface area contributed by atoms with Gasteiger partial charge in [0.1, 0.15) is 0 Å². The van der Waals surface area contributed by atoms with Gasteiger partial charge in [0.2, 0.25) is 0 Å². The number of nitrogens with zero attached hydrogens (tertiary/aromatic N) is 1. The van der Waals surface area contributed by atoms with Gasteiger partial charge in [0, 0.05) is 12.2 Å². The average molecular weight is 355 g/mol. The van der Waals surface area contributed by atoms with E-state index in [1.807, 2.05) is 30.5 Å². The normalized spacial score (nSPS) is 16.7. The number of hydrogen-bond acceptors (Lipinski definition) is 4. The third-order valence-electron chi connectivity index (χ3n) is 4.24. The molecule has 122 valence electrons. The monoisotopic (exact) mass is 355 g/mol. The van der Waals surface area contributed by atoms with Crippen LogP contribution in [0.5, 0.6) is 0 Å². The van der Waals surface area contributed by atoms with Crippen molar-refractivity contribution in [2.45, 2.75) is 23.1 Å². The molecule has 1 aliphatic heterocycles. The Hall–Kier alpha value is -2.05. The zero-order valence-electron chi connectivity index (χ0n) is 13.2. The molecule has 1 aliphatic rings. The molecule has 3 heterocycles. The molecular weight excluding hydrogens is 338 g/mol. The molecule has 0 saturated heterocycles. The lowest BCUT2D eigenvalue weighted by atomic mass is 9.92. The number of carbonyl (C=O) groups excluding carboxylic acids is 1. The summed E-state index contributed by atoms with van der Waals surface area (Å²) in [6, 6.07) is 12.4. The molecule has 0 bridgehead atoms. The van der Waals surface area contributed by atoms with E-state index >= 15 is 0 Å². The molecule has 1 aromatic carbocycles.